The lowest BCUT2D eigenvalue weighted by Crippen LogP contribution is -2.55. The van der Waals surface area contributed by atoms with Crippen LogP contribution in [0, 0.1) is 0 Å². The van der Waals surface area contributed by atoms with Crippen molar-refractivity contribution in [1.82, 2.24) is 0 Å². The van der Waals surface area contributed by atoms with E-state index in [1.54, 1.807) is 313 Å². The lowest BCUT2D eigenvalue weighted by Gasteiger charge is -2.56. The molecular weight excluding hydrogens is 785 g/mol. The summed E-state index contributed by atoms with van der Waals surface area (Å²) in [5, 5.41) is 88.3. The SMILES string of the molecule is O=C1CCC23c4c5c6c7c8c9c(c%10c%11c2c2c4c4c%12c5c5c6c6c8c8c%13c9c9c%10c%10c%11c%11c2c2c4c4c%12c%12c5c5c6c8c6c8c%13c9c9c%10c%10c%11c2c2c4c4c%12c5c6c5c8c9c%10c2c45)C73C1. The molecule has 1 nitrogen and oxygen atoms in total. The van der Waals surface area contributed by atoms with Gasteiger partial charge in [0.2, 0.25) is 0 Å². The van der Waals surface area contributed by atoms with E-state index < -0.39 is 5.41 Å². The first-order valence-electron chi connectivity index (χ1n) is 24.6. The van der Waals surface area contributed by atoms with E-state index >= 15 is 4.79 Å². The van der Waals surface area contributed by atoms with Gasteiger partial charge in [-0.25, -0.2) is 0 Å². The number of Topliss-reactive ketones (excluding diaryl/α,β-unsaturated/α-hetero) is 1. The minimum absolute atomic E-state index is 0.258. The van der Waals surface area contributed by atoms with Crippen LogP contribution in [0.25, 0.3) is 291 Å². The highest BCUT2D eigenvalue weighted by Crippen LogP contribution is 2.85. The van der Waals surface area contributed by atoms with Crippen molar-refractivity contribution in [3.05, 3.63) is 22.3 Å². The third kappa shape index (κ3) is 1.16. The molecule has 0 bridgehead atoms. The number of hydrogen-bond acceptors (Lipinski definition) is 1. The third-order valence-electron chi connectivity index (χ3n) is 24.9. The second-order valence-electron chi connectivity index (χ2n) is 24.8. The summed E-state index contributed by atoms with van der Waals surface area (Å²) in [6, 6.07) is 0. The number of carbonyl (C=O) groups excluding carboxylic acids is 1. The Labute approximate surface area is 352 Å². The minimum Gasteiger partial charge on any atom is -0.300 e. The number of carbonyl (C=O) groups is 1. The Morgan fingerprint density at radius 1 is 0.185 bits per heavy atom. The standard InChI is InChI=1S/C64H6O/c65-4-1-2-63-59-51-43-33-23-15-7-5-6-9-13-11(7)19-27-21(13)31-25-17(9)18-10(6)14-12-8(5)16(15)24-30-20(12)28-22(14)32-26(18)36-35(25)45-39(31)49-41(27)47(37(43)29(19)23)53(59)55(49)61-57(45)58-46(36)40(32)50-42(28)48-38(30)44(34(24)33)52(51)60(63)54(48)56(50)62(58)64(61,63)3-4/h1-3H2. The second-order valence-corrected chi connectivity index (χ2v) is 24.8. The molecule has 33 rings (SSSR count). The van der Waals surface area contributed by atoms with Crippen molar-refractivity contribution in [2.24, 2.45) is 0 Å². The molecule has 1 heteroatoms. The highest BCUT2D eigenvalue weighted by molar-refractivity contribution is 6.82. The summed E-state index contributed by atoms with van der Waals surface area (Å²) in [6.45, 7) is 0. The topological polar surface area (TPSA) is 17.1 Å². The van der Waals surface area contributed by atoms with Gasteiger partial charge in [-0.15, -0.1) is 0 Å². The highest BCUT2D eigenvalue weighted by atomic mass is 16.1. The Hall–Kier alpha value is -7.87. The summed E-state index contributed by atoms with van der Waals surface area (Å²) in [5.41, 5.74) is 6.04. The van der Waals surface area contributed by atoms with Crippen LogP contribution in [0.4, 0.5) is 0 Å². The molecule has 1 saturated carbocycles. The largest absolute Gasteiger partial charge is 0.300 e. The first-order valence-corrected chi connectivity index (χ1v) is 24.6. The molecule has 0 aliphatic heterocycles. The molecule has 0 amide bonds. The predicted molar refractivity (Wildman–Crippen MR) is 273 cm³/mol. The number of ketones is 1. The zero-order chi connectivity index (χ0) is 38.2. The Kier molecular flexibility index (Phi) is 1.79. The van der Waals surface area contributed by atoms with E-state index in [0.717, 1.165) is 6.42 Å². The van der Waals surface area contributed by atoms with Gasteiger partial charge in [-0.1, -0.05) is 0 Å². The van der Waals surface area contributed by atoms with Crippen molar-refractivity contribution in [3.8, 4) is 0 Å². The van der Waals surface area contributed by atoms with Crippen molar-refractivity contribution in [2.45, 2.75) is 30.1 Å². The van der Waals surface area contributed by atoms with E-state index in [2.05, 4.69) is 0 Å². The smallest absolute Gasteiger partial charge is 0.134 e. The first-order chi connectivity index (χ1) is 32.3. The Morgan fingerprint density at radius 3 is 0.492 bits per heavy atom. The lowest BCUT2D eigenvalue weighted by atomic mass is 9.44. The molecule has 0 heterocycles. The monoisotopic (exact) mass is 790 g/mol. The van der Waals surface area contributed by atoms with Crippen LogP contribution in [0.2, 0.25) is 0 Å². The number of hydrogen-bond donors (Lipinski definition) is 0. The lowest BCUT2D eigenvalue weighted by molar-refractivity contribution is -0.122. The molecule has 28 aromatic carbocycles. The molecule has 5 aliphatic carbocycles. The Bertz CT molecular complexity index is 6850. The van der Waals surface area contributed by atoms with Gasteiger partial charge >= 0.3 is 0 Å². The van der Waals surface area contributed by atoms with E-state index in [4.69, 9.17) is 0 Å². The molecule has 0 unspecified atom stereocenters. The van der Waals surface area contributed by atoms with Crippen molar-refractivity contribution < 1.29 is 4.79 Å². The van der Waals surface area contributed by atoms with Gasteiger partial charge < -0.3 is 0 Å². The summed E-state index contributed by atoms with van der Waals surface area (Å²) in [4.78, 5) is 15.2. The molecule has 0 saturated heterocycles. The van der Waals surface area contributed by atoms with Crippen molar-refractivity contribution in [1.29, 1.82) is 0 Å². The first kappa shape index (κ1) is 23.2. The van der Waals surface area contributed by atoms with Gasteiger partial charge in [-0.2, -0.15) is 0 Å². The highest BCUT2D eigenvalue weighted by Gasteiger charge is 2.71. The van der Waals surface area contributed by atoms with Crippen molar-refractivity contribution in [3.63, 3.8) is 0 Å². The molecule has 0 aromatic heterocycles. The maximum atomic E-state index is 15.2. The van der Waals surface area contributed by atoms with Crippen LogP contribution in [0.5, 0.6) is 0 Å². The van der Waals surface area contributed by atoms with Gasteiger partial charge in [-0.3, -0.25) is 4.79 Å². The van der Waals surface area contributed by atoms with Gasteiger partial charge in [-0.05, 0) is 320 Å². The van der Waals surface area contributed by atoms with Crippen molar-refractivity contribution in [2.75, 3.05) is 0 Å². The fourth-order valence-electron chi connectivity index (χ4n) is 25.1. The third-order valence-corrected chi connectivity index (χ3v) is 24.9. The molecule has 268 valence electrons. The van der Waals surface area contributed by atoms with E-state index in [9.17, 15) is 0 Å². The summed E-state index contributed by atoms with van der Waals surface area (Å²) in [7, 11) is 0. The van der Waals surface area contributed by atoms with Crippen LogP contribution in [-0.2, 0) is 15.6 Å². The molecule has 28 aromatic rings. The van der Waals surface area contributed by atoms with Crippen LogP contribution in [0.1, 0.15) is 41.5 Å². The second kappa shape index (κ2) is 5.03. The number of benzene rings is 18. The number of rotatable bonds is 0. The van der Waals surface area contributed by atoms with Gasteiger partial charge in [0.15, 0.2) is 0 Å². The maximum absolute atomic E-state index is 15.2. The molecule has 2 spiro atoms. The molecule has 0 N–H and O–H groups in total. The summed E-state index contributed by atoms with van der Waals surface area (Å²) in [6.07, 6.45) is 2.29. The van der Waals surface area contributed by atoms with Crippen LogP contribution < -0.4 is 0 Å². The van der Waals surface area contributed by atoms with Crippen LogP contribution in [0.15, 0.2) is 0 Å². The fourth-order valence-corrected chi connectivity index (χ4v) is 25.1. The maximum Gasteiger partial charge on any atom is 0.134 e. The van der Waals surface area contributed by atoms with E-state index in [1.807, 2.05) is 0 Å². The predicted octanol–water partition coefficient (Wildman–Crippen LogP) is 17.0. The molecule has 0 radical (unpaired) electrons. The van der Waals surface area contributed by atoms with Gasteiger partial charge in [0.05, 0.1) is 0 Å². The van der Waals surface area contributed by atoms with Gasteiger partial charge in [0.1, 0.15) is 5.78 Å². The van der Waals surface area contributed by atoms with E-state index in [-0.39, 0.29) is 5.41 Å². The van der Waals surface area contributed by atoms with Gasteiger partial charge in [0, 0.05) is 23.7 Å². The average Bonchev–Trinajstić information content (AvgIpc) is 4.16. The van der Waals surface area contributed by atoms with E-state index in [1.165, 1.54) is 0 Å². The van der Waals surface area contributed by atoms with Crippen LogP contribution >= 0.6 is 0 Å². The minimum atomic E-state index is -0.395. The zero-order valence-electron chi connectivity index (χ0n) is 33.0. The van der Waals surface area contributed by atoms with E-state index in [0.29, 0.717) is 18.6 Å². The van der Waals surface area contributed by atoms with Gasteiger partial charge in [0.25, 0.3) is 0 Å². The summed E-state index contributed by atoms with van der Waals surface area (Å²) >= 11 is 0. The quantitative estimate of drug-likeness (QED) is 0.140. The fraction of sp³-hybridized carbons (Fsp3) is 0.0781. The van der Waals surface area contributed by atoms with Crippen LogP contribution in [-0.4, -0.2) is 5.78 Å². The van der Waals surface area contributed by atoms with Crippen molar-refractivity contribution >= 4 is 297 Å². The molecule has 5 aliphatic rings. The summed E-state index contributed by atoms with van der Waals surface area (Å²) in [5.74, 6) is 0.508. The molecular formula is C64H6O. The normalized spacial score (nSPS) is 23.7. The Balaban J connectivity index is 1.28. The van der Waals surface area contributed by atoms with Crippen LogP contribution in [0.3, 0.4) is 0 Å². The molecule has 0 atom stereocenters. The average molecular weight is 791 g/mol. The Morgan fingerprint density at radius 2 is 0.323 bits per heavy atom. The zero-order valence-corrected chi connectivity index (χ0v) is 33.0. The summed E-state index contributed by atoms with van der Waals surface area (Å²) < 4.78 is 0. The molecule has 65 heavy (non-hydrogen) atoms. The molecule has 1 fully saturated rings.